The minimum atomic E-state index is 0.392. The van der Waals surface area contributed by atoms with E-state index in [1.54, 1.807) is 17.7 Å². The second-order valence-electron chi connectivity index (χ2n) is 7.11. The molecule has 0 spiro atoms. The number of anilines is 2. The minimum absolute atomic E-state index is 0.392. The Balaban J connectivity index is 1.84. The van der Waals surface area contributed by atoms with Crippen molar-refractivity contribution in [3.63, 3.8) is 0 Å². The number of halogens is 1. The summed E-state index contributed by atoms with van der Waals surface area (Å²) in [5.41, 5.74) is 5.40. The highest BCUT2D eigenvalue weighted by molar-refractivity contribution is 6.29. The van der Waals surface area contributed by atoms with Crippen LogP contribution in [0.1, 0.15) is 28.2 Å². The van der Waals surface area contributed by atoms with Crippen LogP contribution >= 0.6 is 11.6 Å². The van der Waals surface area contributed by atoms with Crippen LogP contribution in [0.5, 0.6) is 0 Å². The predicted octanol–water partition coefficient (Wildman–Crippen LogP) is 5.15. The molecule has 0 unspecified atom stereocenters. The third-order valence-corrected chi connectivity index (χ3v) is 4.75. The molecule has 1 aromatic carbocycles. The highest BCUT2D eigenvalue weighted by Gasteiger charge is 2.13. The zero-order chi connectivity index (χ0) is 20.0. The Morgan fingerprint density at radius 2 is 1.64 bits per heavy atom. The topological polar surface area (TPSA) is 68.5 Å². The van der Waals surface area contributed by atoms with Gasteiger partial charge >= 0.3 is 0 Å². The van der Waals surface area contributed by atoms with Crippen molar-refractivity contribution in [3.05, 3.63) is 63.7 Å². The van der Waals surface area contributed by atoms with Crippen molar-refractivity contribution in [2.24, 2.45) is 0 Å². The summed E-state index contributed by atoms with van der Waals surface area (Å²) in [6, 6.07) is 10.0. The first-order chi connectivity index (χ1) is 13.3. The zero-order valence-corrected chi connectivity index (χ0v) is 17.3. The van der Waals surface area contributed by atoms with Crippen LogP contribution in [0, 0.1) is 34.6 Å². The molecule has 0 amide bonds. The molecule has 3 aromatic heterocycles. The van der Waals surface area contributed by atoms with E-state index >= 15 is 0 Å². The van der Waals surface area contributed by atoms with Crippen LogP contribution in [-0.2, 0) is 0 Å². The summed E-state index contributed by atoms with van der Waals surface area (Å²) in [7, 11) is 0. The van der Waals surface area contributed by atoms with Gasteiger partial charge in [0.25, 0.3) is 0 Å². The number of pyridine rings is 1. The number of hydrogen-bond donors (Lipinski definition) is 1. The van der Waals surface area contributed by atoms with Crippen LogP contribution < -0.4 is 5.32 Å². The summed E-state index contributed by atoms with van der Waals surface area (Å²) in [5, 5.41) is 9.48. The number of hydrogen-bond acceptors (Lipinski definition) is 5. The van der Waals surface area contributed by atoms with Crippen molar-refractivity contribution in [3.8, 4) is 5.82 Å². The van der Waals surface area contributed by atoms with Crippen LogP contribution in [-0.4, -0.2) is 24.7 Å². The fourth-order valence-electron chi connectivity index (χ4n) is 3.43. The molecule has 0 radical (unpaired) electrons. The van der Waals surface area contributed by atoms with E-state index < -0.39 is 0 Å². The van der Waals surface area contributed by atoms with Gasteiger partial charge in [0.2, 0.25) is 0 Å². The van der Waals surface area contributed by atoms with Crippen molar-refractivity contribution < 1.29 is 0 Å². The van der Waals surface area contributed by atoms with Gasteiger partial charge in [-0.3, -0.25) is 0 Å². The normalized spacial score (nSPS) is 11.2. The Labute approximate surface area is 168 Å². The van der Waals surface area contributed by atoms with E-state index in [2.05, 4.69) is 59.4 Å². The molecule has 3 heterocycles. The molecule has 7 heteroatoms. The molecule has 6 nitrogen and oxygen atoms in total. The van der Waals surface area contributed by atoms with Gasteiger partial charge in [0.05, 0.1) is 11.2 Å². The Morgan fingerprint density at radius 3 is 2.39 bits per heavy atom. The number of benzene rings is 1. The van der Waals surface area contributed by atoms with Crippen LogP contribution in [0.25, 0.3) is 16.7 Å². The van der Waals surface area contributed by atoms with Gasteiger partial charge in [-0.15, -0.1) is 0 Å². The lowest BCUT2D eigenvalue weighted by molar-refractivity contribution is 0.841. The molecule has 0 bridgehead atoms. The molecule has 0 atom stereocenters. The Bertz CT molecular complexity index is 1190. The number of rotatable bonds is 3. The molecule has 142 valence electrons. The van der Waals surface area contributed by atoms with Gasteiger partial charge in [-0.2, -0.15) is 9.78 Å². The van der Waals surface area contributed by atoms with Crippen molar-refractivity contribution in [2.75, 3.05) is 5.32 Å². The molecule has 0 fully saturated rings. The van der Waals surface area contributed by atoms with E-state index in [9.17, 15) is 0 Å². The standard InChI is InChI=1S/C21H21ClN6/c1-11-6-13(3)21-16(7-11)12(2)8-19(26-21)28-20(9-14(4)27-28)25-18-10-17(22)23-15(5)24-18/h6-10H,1-5H3,(H,23,24,25). The van der Waals surface area contributed by atoms with Gasteiger partial charge in [0.15, 0.2) is 5.82 Å². The molecule has 4 rings (SSSR count). The molecule has 0 aliphatic carbocycles. The fourth-order valence-corrected chi connectivity index (χ4v) is 3.65. The maximum atomic E-state index is 6.07. The molecule has 1 N–H and O–H groups in total. The van der Waals surface area contributed by atoms with Crippen LogP contribution in [0.2, 0.25) is 5.15 Å². The molecule has 0 saturated carbocycles. The monoisotopic (exact) mass is 392 g/mol. The number of aryl methyl sites for hydroxylation is 5. The Kier molecular flexibility index (Phi) is 4.51. The maximum Gasteiger partial charge on any atom is 0.156 e. The maximum absolute atomic E-state index is 6.07. The molecule has 0 aliphatic rings. The Morgan fingerprint density at radius 1 is 0.857 bits per heavy atom. The summed E-state index contributed by atoms with van der Waals surface area (Å²) in [5.74, 6) is 2.73. The molecule has 0 saturated heterocycles. The second kappa shape index (κ2) is 6.87. The first kappa shape index (κ1) is 18.4. The lowest BCUT2D eigenvalue weighted by Crippen LogP contribution is -2.07. The van der Waals surface area contributed by atoms with E-state index in [0.717, 1.165) is 39.4 Å². The van der Waals surface area contributed by atoms with Gasteiger partial charge in [0.1, 0.15) is 22.6 Å². The quantitative estimate of drug-likeness (QED) is 0.488. The minimum Gasteiger partial charge on any atom is -0.325 e. The molecular weight excluding hydrogens is 372 g/mol. The number of aromatic nitrogens is 5. The van der Waals surface area contributed by atoms with E-state index in [1.807, 2.05) is 13.0 Å². The number of nitrogens with one attached hydrogen (secondary N) is 1. The molecule has 4 aromatic rings. The summed E-state index contributed by atoms with van der Waals surface area (Å²) in [4.78, 5) is 13.4. The third kappa shape index (κ3) is 3.43. The summed E-state index contributed by atoms with van der Waals surface area (Å²) < 4.78 is 1.80. The van der Waals surface area contributed by atoms with Crippen molar-refractivity contribution in [1.29, 1.82) is 0 Å². The first-order valence-corrected chi connectivity index (χ1v) is 9.42. The second-order valence-corrected chi connectivity index (χ2v) is 7.49. The van der Waals surface area contributed by atoms with Gasteiger partial charge < -0.3 is 5.32 Å². The van der Waals surface area contributed by atoms with Gasteiger partial charge in [0, 0.05) is 17.5 Å². The van der Waals surface area contributed by atoms with Crippen LogP contribution in [0.4, 0.5) is 11.6 Å². The summed E-state index contributed by atoms with van der Waals surface area (Å²) >= 11 is 6.07. The van der Waals surface area contributed by atoms with Crippen LogP contribution in [0.15, 0.2) is 30.3 Å². The van der Waals surface area contributed by atoms with Crippen molar-refractivity contribution in [1.82, 2.24) is 24.7 Å². The van der Waals surface area contributed by atoms with Gasteiger partial charge in [-0.1, -0.05) is 23.2 Å². The lowest BCUT2D eigenvalue weighted by atomic mass is 10.0. The van der Waals surface area contributed by atoms with E-state index in [4.69, 9.17) is 16.6 Å². The molecule has 0 aliphatic heterocycles. The molecule has 28 heavy (non-hydrogen) atoms. The van der Waals surface area contributed by atoms with E-state index in [0.29, 0.717) is 16.8 Å². The van der Waals surface area contributed by atoms with Crippen molar-refractivity contribution >= 4 is 34.1 Å². The van der Waals surface area contributed by atoms with Gasteiger partial charge in [-0.25, -0.2) is 15.0 Å². The smallest absolute Gasteiger partial charge is 0.156 e. The lowest BCUT2D eigenvalue weighted by Gasteiger charge is -2.13. The Hall–Kier alpha value is -2.99. The highest BCUT2D eigenvalue weighted by atomic mass is 35.5. The largest absolute Gasteiger partial charge is 0.325 e. The van der Waals surface area contributed by atoms with E-state index in [1.165, 1.54) is 5.56 Å². The van der Waals surface area contributed by atoms with Crippen LogP contribution in [0.3, 0.4) is 0 Å². The SMILES string of the molecule is Cc1cc(C)c2nc(-n3nc(C)cc3Nc3cc(Cl)nc(C)n3)cc(C)c2c1. The number of nitrogens with zero attached hydrogens (tertiary/aromatic N) is 5. The average Bonchev–Trinajstić information content (AvgIpc) is 2.95. The summed E-state index contributed by atoms with van der Waals surface area (Å²) in [6.07, 6.45) is 0. The summed E-state index contributed by atoms with van der Waals surface area (Å²) in [6.45, 7) is 10.0. The zero-order valence-electron chi connectivity index (χ0n) is 16.5. The molecular formula is C21H21ClN6. The first-order valence-electron chi connectivity index (χ1n) is 9.04. The number of fused-ring (bicyclic) bond motifs is 1. The highest BCUT2D eigenvalue weighted by Crippen LogP contribution is 2.27. The average molecular weight is 393 g/mol. The predicted molar refractivity (Wildman–Crippen MR) is 113 cm³/mol. The van der Waals surface area contributed by atoms with E-state index in [-0.39, 0.29) is 0 Å². The van der Waals surface area contributed by atoms with Gasteiger partial charge in [-0.05, 0) is 57.9 Å². The van der Waals surface area contributed by atoms with Crippen molar-refractivity contribution in [2.45, 2.75) is 34.6 Å². The fraction of sp³-hybridized carbons (Fsp3) is 0.238. The third-order valence-electron chi connectivity index (χ3n) is 4.55.